The van der Waals surface area contributed by atoms with E-state index in [1.165, 1.54) is 64.4 Å². The molecule has 3 heterocycles. The molecule has 272 valence electrons. The van der Waals surface area contributed by atoms with Gasteiger partial charge in [0.25, 0.3) is 0 Å². The van der Waals surface area contributed by atoms with Crippen molar-refractivity contribution in [2.75, 3.05) is 0 Å². The Morgan fingerprint density at radius 3 is 1.17 bits per heavy atom. The molecule has 0 amide bonds. The highest BCUT2D eigenvalue weighted by molar-refractivity contribution is 7.20. The molecule has 0 bridgehead atoms. The van der Waals surface area contributed by atoms with Crippen LogP contribution in [-0.4, -0.2) is 21.4 Å². The first-order chi connectivity index (χ1) is 28.8. The molecule has 4 heteroatoms. The van der Waals surface area contributed by atoms with Crippen molar-refractivity contribution in [2.45, 2.75) is 0 Å². The SMILES string of the molecule is c1ccc(-n2c3ccccc3n3c4ccccc4c4ccc5c6cc([Si](c7ccccc7)(c7ccccc7)c7ccccc7)ccc6n(c6ccccc62)c5c43)cc1. The number of para-hydroxylation sites is 6. The quantitative estimate of drug-likeness (QED) is 0.123. The zero-order chi connectivity index (χ0) is 38.2. The largest absolute Gasteiger partial charge is 0.306 e. The lowest BCUT2D eigenvalue weighted by atomic mass is 10.1. The molecule has 0 aliphatic carbocycles. The van der Waals surface area contributed by atoms with Gasteiger partial charge in [-0.3, -0.25) is 0 Å². The van der Waals surface area contributed by atoms with Crippen molar-refractivity contribution in [3.63, 3.8) is 0 Å². The minimum Gasteiger partial charge on any atom is -0.306 e. The summed E-state index contributed by atoms with van der Waals surface area (Å²) < 4.78 is 7.53. The molecule has 0 radical (unpaired) electrons. The lowest BCUT2D eigenvalue weighted by molar-refractivity contribution is 1.15. The van der Waals surface area contributed by atoms with Crippen molar-refractivity contribution in [1.82, 2.24) is 13.4 Å². The van der Waals surface area contributed by atoms with Crippen LogP contribution in [0.4, 0.5) is 0 Å². The van der Waals surface area contributed by atoms with Crippen molar-refractivity contribution in [1.29, 1.82) is 0 Å². The van der Waals surface area contributed by atoms with Gasteiger partial charge in [-0.1, -0.05) is 176 Å². The van der Waals surface area contributed by atoms with E-state index in [9.17, 15) is 0 Å². The van der Waals surface area contributed by atoms with E-state index in [1.54, 1.807) is 0 Å². The van der Waals surface area contributed by atoms with Gasteiger partial charge < -0.3 is 13.4 Å². The first-order valence-electron chi connectivity index (χ1n) is 20.0. The zero-order valence-electron chi connectivity index (χ0n) is 31.7. The highest BCUT2D eigenvalue weighted by Gasteiger charge is 2.41. The predicted molar refractivity (Wildman–Crippen MR) is 248 cm³/mol. The fourth-order valence-corrected chi connectivity index (χ4v) is 14.8. The van der Waals surface area contributed by atoms with Crippen LogP contribution in [0.2, 0.25) is 0 Å². The van der Waals surface area contributed by atoms with Gasteiger partial charge in [0, 0.05) is 27.2 Å². The number of hydrogen-bond acceptors (Lipinski definition) is 0. The van der Waals surface area contributed by atoms with Crippen LogP contribution in [0.1, 0.15) is 0 Å². The first kappa shape index (κ1) is 32.8. The second kappa shape index (κ2) is 12.8. The van der Waals surface area contributed by atoms with E-state index in [4.69, 9.17) is 0 Å². The van der Waals surface area contributed by atoms with Crippen molar-refractivity contribution in [2.24, 2.45) is 0 Å². The predicted octanol–water partition coefficient (Wildman–Crippen LogP) is 10.7. The number of fused-ring (bicyclic) bond motifs is 10. The average Bonchev–Trinajstić information content (AvgIpc) is 3.82. The Morgan fingerprint density at radius 2 is 0.655 bits per heavy atom. The van der Waals surface area contributed by atoms with Gasteiger partial charge in [0.05, 0.1) is 44.1 Å². The normalized spacial score (nSPS) is 12.1. The summed E-state index contributed by atoms with van der Waals surface area (Å²) in [7, 11) is -2.80. The summed E-state index contributed by atoms with van der Waals surface area (Å²) >= 11 is 0. The van der Waals surface area contributed by atoms with E-state index in [0.29, 0.717) is 0 Å². The zero-order valence-corrected chi connectivity index (χ0v) is 32.7. The molecule has 3 aromatic heterocycles. The van der Waals surface area contributed by atoms with Crippen molar-refractivity contribution >= 4 is 94.5 Å². The van der Waals surface area contributed by atoms with E-state index >= 15 is 0 Å². The number of nitrogens with zero attached hydrogens (tertiary/aromatic N) is 3. The molecule has 0 N–H and O–H groups in total. The van der Waals surface area contributed by atoms with Crippen LogP contribution in [-0.2, 0) is 0 Å². The Labute approximate surface area is 336 Å². The number of rotatable bonds is 5. The molecule has 0 unspecified atom stereocenters. The van der Waals surface area contributed by atoms with E-state index in [2.05, 4.69) is 238 Å². The van der Waals surface area contributed by atoms with Crippen LogP contribution < -0.4 is 20.7 Å². The first-order valence-corrected chi connectivity index (χ1v) is 22.0. The molecular weight excluding hydrogens is 719 g/mol. The average molecular weight is 756 g/mol. The van der Waals surface area contributed by atoms with E-state index in [0.717, 1.165) is 27.8 Å². The molecule has 0 saturated carbocycles. The Hall–Kier alpha value is -7.40. The molecule has 58 heavy (non-hydrogen) atoms. The second-order valence-electron chi connectivity index (χ2n) is 15.3. The van der Waals surface area contributed by atoms with Crippen LogP contribution >= 0.6 is 0 Å². The Balaban J connectivity index is 1.35. The van der Waals surface area contributed by atoms with E-state index < -0.39 is 8.07 Å². The monoisotopic (exact) mass is 755 g/mol. The lowest BCUT2D eigenvalue weighted by Gasteiger charge is -2.34. The molecule has 9 aromatic carbocycles. The van der Waals surface area contributed by atoms with Gasteiger partial charge in [0.2, 0.25) is 0 Å². The molecule has 12 rings (SSSR count). The van der Waals surface area contributed by atoms with Crippen LogP contribution in [0.25, 0.3) is 71.4 Å². The smallest absolute Gasteiger partial charge is 0.179 e. The highest BCUT2D eigenvalue weighted by atomic mass is 28.3. The number of benzene rings is 9. The third kappa shape index (κ3) is 4.55. The Kier molecular flexibility index (Phi) is 7.25. The maximum absolute atomic E-state index is 2.80. The van der Waals surface area contributed by atoms with E-state index in [-0.39, 0.29) is 0 Å². The van der Waals surface area contributed by atoms with Crippen LogP contribution in [0, 0.1) is 0 Å². The number of aromatic nitrogens is 3. The topological polar surface area (TPSA) is 13.8 Å². The maximum atomic E-state index is 2.56. The van der Waals surface area contributed by atoms with Crippen LogP contribution in [0.15, 0.2) is 224 Å². The second-order valence-corrected chi connectivity index (χ2v) is 19.1. The summed E-state index contributed by atoms with van der Waals surface area (Å²) in [5, 5.41) is 10.4. The van der Waals surface area contributed by atoms with Crippen molar-refractivity contribution in [3.8, 4) is 5.69 Å². The highest BCUT2D eigenvalue weighted by Crippen LogP contribution is 2.41. The Morgan fingerprint density at radius 1 is 0.259 bits per heavy atom. The molecule has 3 nitrogen and oxygen atoms in total. The van der Waals surface area contributed by atoms with Gasteiger partial charge in [-0.15, -0.1) is 0 Å². The van der Waals surface area contributed by atoms with Crippen LogP contribution in [0.3, 0.4) is 0 Å². The fourth-order valence-electron chi connectivity index (χ4n) is 10.0. The van der Waals surface area contributed by atoms with Crippen molar-refractivity contribution < 1.29 is 0 Å². The summed E-state index contributed by atoms with van der Waals surface area (Å²) in [4.78, 5) is 0. The van der Waals surface area contributed by atoms with Gasteiger partial charge in [0.1, 0.15) is 0 Å². The molecular formula is C54H37N3Si. The molecule has 0 fully saturated rings. The molecule has 0 aliphatic heterocycles. The standard InChI is InChI=1S/C54H37N3Si/c1-5-19-38(20-6-1)55-49-29-15-17-31-51(49)56-47-28-14-13-27-43(47)44-34-35-45-46-37-42(33-36-48(46)57(54(45)53(44)56)52-32-18-16-30-50(52)55)58(39-21-7-2-8-22-39,40-23-9-3-10-24-40)41-25-11-4-12-26-41/h1-37H. The number of hydrogen-bond donors (Lipinski definition) is 0. The van der Waals surface area contributed by atoms with Gasteiger partial charge in [-0.05, 0) is 69.3 Å². The van der Waals surface area contributed by atoms with Gasteiger partial charge in [-0.25, -0.2) is 0 Å². The molecule has 0 spiro atoms. The lowest BCUT2D eigenvalue weighted by Crippen LogP contribution is -2.74. The van der Waals surface area contributed by atoms with Crippen LogP contribution in [0.5, 0.6) is 0 Å². The van der Waals surface area contributed by atoms with Gasteiger partial charge in [-0.2, -0.15) is 0 Å². The minimum atomic E-state index is -2.80. The van der Waals surface area contributed by atoms with Gasteiger partial charge in [0.15, 0.2) is 8.07 Å². The molecule has 0 aliphatic rings. The summed E-state index contributed by atoms with van der Waals surface area (Å²) in [6, 6.07) is 83.4. The summed E-state index contributed by atoms with van der Waals surface area (Å²) in [6.45, 7) is 0. The minimum absolute atomic E-state index is 1.11. The third-order valence-electron chi connectivity index (χ3n) is 12.4. The Bertz CT molecular complexity index is 3450. The van der Waals surface area contributed by atoms with E-state index in [1.807, 2.05) is 0 Å². The third-order valence-corrected chi connectivity index (χ3v) is 17.1. The summed E-state index contributed by atoms with van der Waals surface area (Å²) in [6.07, 6.45) is 0. The molecule has 0 atom stereocenters. The van der Waals surface area contributed by atoms with Gasteiger partial charge >= 0.3 is 0 Å². The summed E-state index contributed by atoms with van der Waals surface area (Å²) in [5.74, 6) is 0. The summed E-state index contributed by atoms with van der Waals surface area (Å²) in [5.41, 5.74) is 10.4. The molecule has 0 saturated heterocycles. The maximum Gasteiger partial charge on any atom is 0.179 e. The fraction of sp³-hybridized carbons (Fsp3) is 0. The molecule has 12 aromatic rings. The van der Waals surface area contributed by atoms with Crippen molar-refractivity contribution in [3.05, 3.63) is 224 Å².